The first-order valence-corrected chi connectivity index (χ1v) is 9.80. The number of halogens is 1. The Labute approximate surface area is 163 Å². The molecular formula is C20H23ClO4S. The van der Waals surface area contributed by atoms with E-state index in [2.05, 4.69) is 6.92 Å². The molecule has 0 spiro atoms. The van der Waals surface area contributed by atoms with Crippen LogP contribution < -0.4 is 9.47 Å². The lowest BCUT2D eigenvalue weighted by atomic mass is 10.1. The highest BCUT2D eigenvalue weighted by molar-refractivity contribution is 7.99. The summed E-state index contributed by atoms with van der Waals surface area (Å²) in [6, 6.07) is 13.2. The van der Waals surface area contributed by atoms with Gasteiger partial charge < -0.3 is 14.6 Å². The fraction of sp³-hybridized carbons (Fsp3) is 0.350. The van der Waals surface area contributed by atoms with Gasteiger partial charge in [0.05, 0.1) is 6.61 Å². The zero-order chi connectivity index (χ0) is 18.9. The smallest absolute Gasteiger partial charge is 0.341 e. The van der Waals surface area contributed by atoms with Gasteiger partial charge in [0.15, 0.2) is 6.61 Å². The minimum Gasteiger partial charge on any atom is -0.493 e. The minimum atomic E-state index is -0.977. The zero-order valence-electron chi connectivity index (χ0n) is 14.9. The maximum atomic E-state index is 10.6. The number of rotatable bonds is 10. The monoisotopic (exact) mass is 394 g/mol. The Morgan fingerprint density at radius 2 is 1.92 bits per heavy atom. The average molecular weight is 395 g/mol. The first-order chi connectivity index (χ1) is 12.5. The number of thioether (sulfide) groups is 1. The van der Waals surface area contributed by atoms with Crippen LogP contribution in [0.25, 0.3) is 0 Å². The van der Waals surface area contributed by atoms with Crippen LogP contribution in [-0.2, 0) is 4.79 Å². The van der Waals surface area contributed by atoms with Crippen LogP contribution in [0.3, 0.4) is 0 Å². The van der Waals surface area contributed by atoms with Crippen molar-refractivity contribution in [1.82, 2.24) is 0 Å². The van der Waals surface area contributed by atoms with Crippen molar-refractivity contribution >= 4 is 29.3 Å². The summed E-state index contributed by atoms with van der Waals surface area (Å²) in [6.07, 6.45) is 1.03. The van der Waals surface area contributed by atoms with Crippen LogP contribution in [0.15, 0.2) is 47.4 Å². The van der Waals surface area contributed by atoms with Crippen molar-refractivity contribution in [2.24, 2.45) is 5.92 Å². The van der Waals surface area contributed by atoms with Gasteiger partial charge in [-0.15, -0.1) is 11.8 Å². The minimum absolute atomic E-state index is 0.326. The molecule has 4 nitrogen and oxygen atoms in total. The first kappa shape index (κ1) is 20.5. The fourth-order valence-electron chi connectivity index (χ4n) is 2.26. The number of carboxylic acid groups (broad SMARTS) is 1. The number of aliphatic carboxylic acids is 1. The first-order valence-electron chi connectivity index (χ1n) is 8.44. The molecule has 0 aromatic heterocycles. The summed E-state index contributed by atoms with van der Waals surface area (Å²) in [4.78, 5) is 11.7. The Morgan fingerprint density at radius 3 is 2.54 bits per heavy atom. The molecule has 0 aliphatic carbocycles. The lowest BCUT2D eigenvalue weighted by Crippen LogP contribution is -2.13. The highest BCUT2D eigenvalue weighted by Gasteiger charge is 2.10. The molecule has 0 fully saturated rings. The third-order valence-electron chi connectivity index (χ3n) is 3.86. The Hall–Kier alpha value is -1.85. The van der Waals surface area contributed by atoms with Gasteiger partial charge >= 0.3 is 5.97 Å². The molecule has 0 radical (unpaired) electrons. The van der Waals surface area contributed by atoms with Crippen molar-refractivity contribution in [2.45, 2.75) is 25.2 Å². The van der Waals surface area contributed by atoms with Crippen molar-refractivity contribution in [3.63, 3.8) is 0 Å². The van der Waals surface area contributed by atoms with Crippen LogP contribution in [0.1, 0.15) is 18.9 Å². The SMILES string of the molecule is CC[C@H](COc1ccc(Cl)cc1)CSc1ccc(OCC(=O)O)c(C)c1. The standard InChI is InChI=1S/C20H23ClO4S/c1-3-15(11-24-17-6-4-16(21)5-7-17)13-26-18-8-9-19(14(2)10-18)25-12-20(22)23/h4-10,15H,3,11-13H2,1-2H3,(H,22,23)/t15-/m1/s1. The fourth-order valence-corrected chi connectivity index (χ4v) is 3.57. The van der Waals surface area contributed by atoms with Crippen molar-refractivity contribution < 1.29 is 19.4 Å². The van der Waals surface area contributed by atoms with E-state index in [1.54, 1.807) is 11.8 Å². The van der Waals surface area contributed by atoms with Crippen LogP contribution in [0, 0.1) is 12.8 Å². The zero-order valence-corrected chi connectivity index (χ0v) is 16.5. The van der Waals surface area contributed by atoms with Gasteiger partial charge in [-0.2, -0.15) is 0 Å². The van der Waals surface area contributed by atoms with Gasteiger partial charge in [-0.1, -0.05) is 18.5 Å². The van der Waals surface area contributed by atoms with Crippen LogP contribution >= 0.6 is 23.4 Å². The number of ether oxygens (including phenoxy) is 2. The third-order valence-corrected chi connectivity index (χ3v) is 5.34. The van der Waals surface area contributed by atoms with E-state index in [9.17, 15) is 4.79 Å². The van der Waals surface area contributed by atoms with E-state index >= 15 is 0 Å². The second-order valence-electron chi connectivity index (χ2n) is 5.96. The summed E-state index contributed by atoms with van der Waals surface area (Å²) < 4.78 is 11.1. The molecule has 2 aromatic carbocycles. The number of hydrogen-bond acceptors (Lipinski definition) is 4. The second kappa shape index (κ2) is 10.3. The largest absolute Gasteiger partial charge is 0.493 e. The average Bonchev–Trinajstić information content (AvgIpc) is 2.62. The van der Waals surface area contributed by atoms with Gasteiger partial charge in [0, 0.05) is 21.6 Å². The molecule has 0 aliphatic rings. The maximum Gasteiger partial charge on any atom is 0.341 e. The van der Waals surface area contributed by atoms with Crippen LogP contribution in [0.4, 0.5) is 0 Å². The molecule has 26 heavy (non-hydrogen) atoms. The van der Waals surface area contributed by atoms with Gasteiger partial charge in [0.2, 0.25) is 0 Å². The lowest BCUT2D eigenvalue weighted by molar-refractivity contribution is -0.139. The normalized spacial score (nSPS) is 11.8. The molecule has 0 bridgehead atoms. The summed E-state index contributed by atoms with van der Waals surface area (Å²) in [7, 11) is 0. The Morgan fingerprint density at radius 1 is 1.19 bits per heavy atom. The number of benzene rings is 2. The molecular weight excluding hydrogens is 372 g/mol. The van der Waals surface area contributed by atoms with E-state index in [0.717, 1.165) is 28.4 Å². The van der Waals surface area contributed by atoms with Crippen molar-refractivity contribution in [3.05, 3.63) is 53.1 Å². The van der Waals surface area contributed by atoms with E-state index in [1.807, 2.05) is 49.4 Å². The molecule has 1 N–H and O–H groups in total. The summed E-state index contributed by atoms with van der Waals surface area (Å²) >= 11 is 7.65. The highest BCUT2D eigenvalue weighted by Crippen LogP contribution is 2.28. The molecule has 2 aromatic rings. The summed E-state index contributed by atoms with van der Waals surface area (Å²) in [5, 5.41) is 9.39. The second-order valence-corrected chi connectivity index (χ2v) is 7.49. The molecule has 0 saturated heterocycles. The maximum absolute atomic E-state index is 10.6. The van der Waals surface area contributed by atoms with Gasteiger partial charge in [0.1, 0.15) is 11.5 Å². The topological polar surface area (TPSA) is 55.8 Å². The van der Waals surface area contributed by atoms with E-state index in [1.165, 1.54) is 0 Å². The Balaban J connectivity index is 1.84. The summed E-state index contributed by atoms with van der Waals surface area (Å²) in [5.74, 6) is 1.83. The number of carbonyl (C=O) groups is 1. The van der Waals surface area contributed by atoms with Crippen molar-refractivity contribution in [3.8, 4) is 11.5 Å². The van der Waals surface area contributed by atoms with Gasteiger partial charge in [-0.25, -0.2) is 4.79 Å². The van der Waals surface area contributed by atoms with E-state index in [0.29, 0.717) is 23.3 Å². The van der Waals surface area contributed by atoms with Crippen LogP contribution in [-0.4, -0.2) is 30.0 Å². The molecule has 140 valence electrons. The van der Waals surface area contributed by atoms with E-state index < -0.39 is 5.97 Å². The molecule has 0 aliphatic heterocycles. The Bertz CT molecular complexity index is 718. The number of aryl methyl sites for hydroxylation is 1. The lowest BCUT2D eigenvalue weighted by Gasteiger charge is -2.16. The number of hydrogen-bond donors (Lipinski definition) is 1. The third kappa shape index (κ3) is 6.81. The summed E-state index contributed by atoms with van der Waals surface area (Å²) in [6.45, 7) is 4.41. The quantitative estimate of drug-likeness (QED) is 0.553. The Kier molecular flexibility index (Phi) is 8.13. The van der Waals surface area contributed by atoms with E-state index in [-0.39, 0.29) is 6.61 Å². The molecule has 1 atom stereocenters. The van der Waals surface area contributed by atoms with Crippen LogP contribution in [0.5, 0.6) is 11.5 Å². The highest BCUT2D eigenvalue weighted by atomic mass is 35.5. The number of carboxylic acids is 1. The predicted molar refractivity (Wildman–Crippen MR) is 106 cm³/mol. The molecule has 0 heterocycles. The van der Waals surface area contributed by atoms with E-state index in [4.69, 9.17) is 26.2 Å². The molecule has 6 heteroatoms. The molecule has 0 saturated carbocycles. The molecule has 0 unspecified atom stereocenters. The van der Waals surface area contributed by atoms with Gasteiger partial charge in [0.25, 0.3) is 0 Å². The van der Waals surface area contributed by atoms with Crippen molar-refractivity contribution in [2.75, 3.05) is 19.0 Å². The molecule has 0 amide bonds. The molecule has 2 rings (SSSR count). The predicted octanol–water partition coefficient (Wildman–Crippen LogP) is 5.31. The van der Waals surface area contributed by atoms with Gasteiger partial charge in [-0.3, -0.25) is 0 Å². The van der Waals surface area contributed by atoms with Gasteiger partial charge in [-0.05, 0) is 61.4 Å². The van der Waals surface area contributed by atoms with Crippen molar-refractivity contribution in [1.29, 1.82) is 0 Å². The summed E-state index contributed by atoms with van der Waals surface area (Å²) in [5.41, 5.74) is 0.932. The van der Waals surface area contributed by atoms with Crippen LogP contribution in [0.2, 0.25) is 5.02 Å².